The molecule has 0 aliphatic carbocycles. The van der Waals surface area contributed by atoms with E-state index in [0.717, 1.165) is 23.4 Å². The first kappa shape index (κ1) is 15.9. The van der Waals surface area contributed by atoms with Crippen LogP contribution in [0.4, 0.5) is 10.5 Å². The number of hydrogen-bond donors (Lipinski definition) is 1. The van der Waals surface area contributed by atoms with Gasteiger partial charge in [-0.05, 0) is 29.7 Å². The van der Waals surface area contributed by atoms with Crippen LogP contribution in [0.1, 0.15) is 18.1 Å². The first-order chi connectivity index (χ1) is 10.6. The first-order valence-electron chi connectivity index (χ1n) is 7.36. The second-order valence-corrected chi connectivity index (χ2v) is 5.19. The molecule has 0 atom stereocenters. The summed E-state index contributed by atoms with van der Waals surface area (Å²) in [4.78, 5) is 13.9. The molecule has 0 aliphatic rings. The first-order valence-corrected chi connectivity index (χ1v) is 7.36. The summed E-state index contributed by atoms with van der Waals surface area (Å²) in [6.45, 7) is 2.70. The van der Waals surface area contributed by atoms with Gasteiger partial charge in [-0.1, -0.05) is 37.3 Å². The number of benzene rings is 2. The van der Waals surface area contributed by atoms with E-state index in [-0.39, 0.29) is 6.03 Å². The molecule has 0 heterocycles. The van der Waals surface area contributed by atoms with Gasteiger partial charge in [-0.2, -0.15) is 0 Å². The lowest BCUT2D eigenvalue weighted by molar-refractivity contribution is 0.220. The van der Waals surface area contributed by atoms with Gasteiger partial charge in [0.2, 0.25) is 0 Å². The lowest BCUT2D eigenvalue weighted by atomic mass is 10.1. The quantitative estimate of drug-likeness (QED) is 0.909. The predicted octanol–water partition coefficient (Wildman–Crippen LogP) is 3.92. The van der Waals surface area contributed by atoms with Crippen LogP contribution in [-0.4, -0.2) is 25.1 Å². The van der Waals surface area contributed by atoms with Crippen LogP contribution >= 0.6 is 0 Å². The van der Waals surface area contributed by atoms with E-state index in [1.807, 2.05) is 18.2 Å². The van der Waals surface area contributed by atoms with E-state index in [4.69, 9.17) is 4.74 Å². The molecule has 0 radical (unpaired) electrons. The van der Waals surface area contributed by atoms with Gasteiger partial charge < -0.3 is 15.0 Å². The molecule has 0 saturated carbocycles. The highest BCUT2D eigenvalue weighted by Gasteiger charge is 2.09. The van der Waals surface area contributed by atoms with Gasteiger partial charge >= 0.3 is 6.03 Å². The number of carbonyl (C=O) groups excluding carboxylic acids is 1. The molecule has 1 N–H and O–H groups in total. The van der Waals surface area contributed by atoms with Crippen LogP contribution in [0.3, 0.4) is 0 Å². The number of nitrogens with one attached hydrogen (secondary N) is 1. The van der Waals surface area contributed by atoms with E-state index in [1.165, 1.54) is 5.56 Å². The molecular weight excluding hydrogens is 276 g/mol. The molecule has 0 spiro atoms. The Kier molecular flexibility index (Phi) is 5.42. The van der Waals surface area contributed by atoms with Crippen LogP contribution in [0.5, 0.6) is 5.75 Å². The zero-order valence-electron chi connectivity index (χ0n) is 13.3. The Hall–Kier alpha value is -2.49. The molecule has 0 saturated heterocycles. The molecule has 0 aliphatic heterocycles. The molecule has 116 valence electrons. The maximum Gasteiger partial charge on any atom is 0.321 e. The number of hydrogen-bond acceptors (Lipinski definition) is 2. The lowest BCUT2D eigenvalue weighted by Gasteiger charge is -2.18. The highest BCUT2D eigenvalue weighted by molar-refractivity contribution is 5.89. The van der Waals surface area contributed by atoms with Gasteiger partial charge in [-0.15, -0.1) is 0 Å². The Morgan fingerprint density at radius 3 is 2.45 bits per heavy atom. The second-order valence-electron chi connectivity index (χ2n) is 5.19. The fourth-order valence-electron chi connectivity index (χ4n) is 2.15. The van der Waals surface area contributed by atoms with Crippen LogP contribution < -0.4 is 10.1 Å². The maximum absolute atomic E-state index is 12.2. The van der Waals surface area contributed by atoms with E-state index >= 15 is 0 Å². The molecule has 2 aromatic rings. The number of amides is 2. The third-order valence-corrected chi connectivity index (χ3v) is 3.52. The minimum Gasteiger partial charge on any atom is -0.497 e. The number of nitrogens with zero attached hydrogens (tertiary/aromatic N) is 1. The van der Waals surface area contributed by atoms with Crippen molar-refractivity contribution in [2.75, 3.05) is 19.5 Å². The van der Waals surface area contributed by atoms with E-state index in [2.05, 4.69) is 36.5 Å². The molecule has 2 aromatic carbocycles. The molecule has 2 rings (SSSR count). The minimum absolute atomic E-state index is 0.146. The zero-order chi connectivity index (χ0) is 15.9. The molecule has 4 nitrogen and oxygen atoms in total. The summed E-state index contributed by atoms with van der Waals surface area (Å²) in [6.07, 6.45) is 1.02. The third-order valence-electron chi connectivity index (χ3n) is 3.52. The zero-order valence-corrected chi connectivity index (χ0v) is 13.3. The van der Waals surface area contributed by atoms with Crippen molar-refractivity contribution in [2.45, 2.75) is 19.9 Å². The predicted molar refractivity (Wildman–Crippen MR) is 89.3 cm³/mol. The van der Waals surface area contributed by atoms with Crippen molar-refractivity contribution in [3.63, 3.8) is 0 Å². The normalized spacial score (nSPS) is 10.1. The Balaban J connectivity index is 1.96. The van der Waals surface area contributed by atoms with Crippen LogP contribution in [-0.2, 0) is 13.0 Å². The Morgan fingerprint density at radius 2 is 1.82 bits per heavy atom. The number of carbonyl (C=O) groups is 1. The molecule has 0 fully saturated rings. The molecule has 22 heavy (non-hydrogen) atoms. The van der Waals surface area contributed by atoms with Crippen LogP contribution in [0.15, 0.2) is 48.5 Å². The summed E-state index contributed by atoms with van der Waals surface area (Å²) >= 11 is 0. The van der Waals surface area contributed by atoms with E-state index < -0.39 is 0 Å². The number of anilines is 1. The SMILES string of the molecule is CCc1ccc(CN(C)C(=O)Nc2cccc(OC)c2)cc1. The van der Waals surface area contributed by atoms with E-state index in [9.17, 15) is 4.79 Å². The monoisotopic (exact) mass is 298 g/mol. The molecule has 0 unspecified atom stereocenters. The average Bonchev–Trinajstić information content (AvgIpc) is 2.55. The van der Waals surface area contributed by atoms with Crippen molar-refractivity contribution >= 4 is 11.7 Å². The van der Waals surface area contributed by atoms with Crippen LogP contribution in [0, 0.1) is 0 Å². The summed E-state index contributed by atoms with van der Waals surface area (Å²) in [7, 11) is 3.39. The summed E-state index contributed by atoms with van der Waals surface area (Å²) in [5.74, 6) is 0.718. The van der Waals surface area contributed by atoms with Gasteiger partial charge in [0, 0.05) is 25.3 Å². The fourth-order valence-corrected chi connectivity index (χ4v) is 2.15. The summed E-state index contributed by atoms with van der Waals surface area (Å²) < 4.78 is 5.15. The third kappa shape index (κ3) is 4.25. The molecule has 2 amide bonds. The smallest absolute Gasteiger partial charge is 0.321 e. The Labute approximate surface area is 131 Å². The van der Waals surface area contributed by atoms with E-state index in [0.29, 0.717) is 6.54 Å². The number of ether oxygens (including phenoxy) is 1. The molecule has 0 bridgehead atoms. The lowest BCUT2D eigenvalue weighted by Crippen LogP contribution is -2.30. The summed E-state index contributed by atoms with van der Waals surface area (Å²) in [5, 5.41) is 2.87. The standard InChI is InChI=1S/C18H22N2O2/c1-4-14-8-10-15(11-9-14)13-20(2)18(21)19-16-6-5-7-17(12-16)22-3/h5-12H,4,13H2,1-3H3,(H,19,21). The van der Waals surface area contributed by atoms with Gasteiger partial charge in [0.1, 0.15) is 5.75 Å². The Bertz CT molecular complexity index is 623. The Morgan fingerprint density at radius 1 is 1.14 bits per heavy atom. The molecule has 0 aromatic heterocycles. The van der Waals surface area contributed by atoms with Crippen molar-refractivity contribution in [3.8, 4) is 5.75 Å². The number of urea groups is 1. The van der Waals surface area contributed by atoms with Crippen LogP contribution in [0.25, 0.3) is 0 Å². The largest absolute Gasteiger partial charge is 0.497 e. The summed E-state index contributed by atoms with van der Waals surface area (Å²) in [5.41, 5.74) is 3.13. The van der Waals surface area contributed by atoms with E-state index in [1.54, 1.807) is 25.1 Å². The van der Waals surface area contributed by atoms with Gasteiger partial charge in [-0.3, -0.25) is 0 Å². The van der Waals surface area contributed by atoms with Gasteiger partial charge in [0.25, 0.3) is 0 Å². The minimum atomic E-state index is -0.146. The second kappa shape index (κ2) is 7.50. The van der Waals surface area contributed by atoms with Crippen molar-refractivity contribution in [1.29, 1.82) is 0 Å². The maximum atomic E-state index is 12.2. The highest BCUT2D eigenvalue weighted by Crippen LogP contribution is 2.17. The van der Waals surface area contributed by atoms with Gasteiger partial charge in [-0.25, -0.2) is 4.79 Å². The molecule has 4 heteroatoms. The number of methoxy groups -OCH3 is 1. The van der Waals surface area contributed by atoms with Gasteiger partial charge in [0.05, 0.1) is 7.11 Å². The fraction of sp³-hybridized carbons (Fsp3) is 0.278. The average molecular weight is 298 g/mol. The number of rotatable bonds is 5. The van der Waals surface area contributed by atoms with Crippen molar-refractivity contribution in [3.05, 3.63) is 59.7 Å². The van der Waals surface area contributed by atoms with Crippen LogP contribution in [0.2, 0.25) is 0 Å². The van der Waals surface area contributed by atoms with Crippen molar-refractivity contribution in [1.82, 2.24) is 4.90 Å². The topological polar surface area (TPSA) is 41.6 Å². The molecular formula is C18H22N2O2. The van der Waals surface area contributed by atoms with Gasteiger partial charge in [0.15, 0.2) is 0 Å². The van der Waals surface area contributed by atoms with Crippen molar-refractivity contribution < 1.29 is 9.53 Å². The summed E-state index contributed by atoms with van der Waals surface area (Å²) in [6, 6.07) is 15.5. The number of aryl methyl sites for hydroxylation is 1. The highest BCUT2D eigenvalue weighted by atomic mass is 16.5. The van der Waals surface area contributed by atoms with Crippen molar-refractivity contribution in [2.24, 2.45) is 0 Å².